The number of nitrogens with zero attached hydrogens (tertiary/aromatic N) is 1. The highest BCUT2D eigenvalue weighted by atomic mass is 32.2. The second-order valence-corrected chi connectivity index (χ2v) is 10.8. The smallest absolute Gasteiger partial charge is 0.304 e. The zero-order valence-corrected chi connectivity index (χ0v) is 19.5. The van der Waals surface area contributed by atoms with E-state index in [1.54, 1.807) is 6.08 Å². The average molecular weight is 492 g/mol. The number of hydrogen-bond donors (Lipinski definition) is 2. The maximum Gasteiger partial charge on any atom is 0.304 e. The number of rotatable bonds is 3. The summed E-state index contributed by atoms with van der Waals surface area (Å²) in [7, 11) is -4.71. The molecule has 0 bridgehead atoms. The van der Waals surface area contributed by atoms with Gasteiger partial charge in [-0.3, -0.25) is 14.1 Å². The number of carboxylic acids is 1. The van der Waals surface area contributed by atoms with Gasteiger partial charge >= 0.3 is 5.97 Å². The molecule has 2 aromatic carbocycles. The first-order valence-electron chi connectivity index (χ1n) is 11.2. The molecule has 4 aliphatic rings. The highest BCUT2D eigenvalue weighted by Gasteiger charge is 2.51. The van der Waals surface area contributed by atoms with E-state index in [2.05, 4.69) is 4.90 Å². The topological polar surface area (TPSA) is 121 Å². The molecule has 6 rings (SSSR count). The van der Waals surface area contributed by atoms with Gasteiger partial charge in [0.1, 0.15) is 16.8 Å². The average Bonchev–Trinajstić information content (AvgIpc) is 3.04. The Morgan fingerprint density at radius 1 is 1.17 bits per heavy atom. The predicted molar refractivity (Wildman–Crippen MR) is 128 cm³/mol. The highest BCUT2D eigenvalue weighted by Crippen LogP contribution is 2.56. The van der Waals surface area contributed by atoms with E-state index in [9.17, 15) is 27.7 Å². The fraction of sp³-hybridized carbons (Fsp3) is 0.231. The lowest BCUT2D eigenvalue weighted by atomic mass is 9.73. The molecule has 0 radical (unpaired) electrons. The molecule has 0 saturated carbocycles. The van der Waals surface area contributed by atoms with E-state index in [1.807, 2.05) is 43.3 Å². The van der Waals surface area contributed by atoms with Crippen LogP contribution in [0.5, 0.6) is 0 Å². The summed E-state index contributed by atoms with van der Waals surface area (Å²) in [5.74, 6) is -1.54. The molecule has 3 heterocycles. The number of allylic oxidation sites excluding steroid dienone is 4. The molecule has 0 saturated heterocycles. The molecule has 0 aromatic heterocycles. The number of fused-ring (bicyclic) bond motifs is 7. The summed E-state index contributed by atoms with van der Waals surface area (Å²) in [5.41, 5.74) is 2.89. The molecule has 3 aliphatic heterocycles. The largest absolute Gasteiger partial charge is 0.485 e. The molecule has 2 unspecified atom stereocenters. The van der Waals surface area contributed by atoms with E-state index >= 15 is 0 Å². The zero-order chi connectivity index (χ0) is 24.7. The van der Waals surface area contributed by atoms with E-state index in [0.29, 0.717) is 18.5 Å². The third-order valence-electron chi connectivity index (χ3n) is 7.22. The first-order valence-corrected chi connectivity index (χ1v) is 12.6. The molecular weight excluding hydrogens is 470 g/mol. The molecule has 2 aromatic rings. The van der Waals surface area contributed by atoms with Crippen LogP contribution >= 0.6 is 0 Å². The van der Waals surface area contributed by atoms with Crippen LogP contribution in [-0.4, -0.2) is 42.5 Å². The molecule has 0 fully saturated rings. The number of hydrogen-bond acceptors (Lipinski definition) is 6. The standard InChI is InChI=1S/C26H21NO7S/c1-26(13-23(29)30)24-16-5-3-2-4-14(16)6-7-18(24)27-9-8-20-17(25(26)27)10-15-11-22(35(31,32)33)19(28)12-21(15)34-20/h2-7,10-12,20H,8-9,13H2,1H3,(H,29,30)(H,31,32,33). The van der Waals surface area contributed by atoms with Gasteiger partial charge in [0.05, 0.1) is 6.42 Å². The van der Waals surface area contributed by atoms with Gasteiger partial charge in [-0.15, -0.1) is 0 Å². The predicted octanol–water partition coefficient (Wildman–Crippen LogP) is 3.61. The molecular formula is C26H21NO7S. The normalized spacial score (nSPS) is 25.1. The summed E-state index contributed by atoms with van der Waals surface area (Å²) >= 11 is 0. The van der Waals surface area contributed by atoms with Crippen molar-refractivity contribution < 1.29 is 32.4 Å². The van der Waals surface area contributed by atoms with Gasteiger partial charge in [0.25, 0.3) is 10.1 Å². The zero-order valence-electron chi connectivity index (χ0n) is 18.7. The van der Waals surface area contributed by atoms with Crippen molar-refractivity contribution in [2.45, 2.75) is 31.3 Å². The van der Waals surface area contributed by atoms with Crippen LogP contribution in [-0.2, 0) is 29.9 Å². The van der Waals surface area contributed by atoms with Crippen molar-refractivity contribution >= 4 is 38.3 Å². The summed E-state index contributed by atoms with van der Waals surface area (Å²) in [5, 5.41) is 11.9. The third-order valence-corrected chi connectivity index (χ3v) is 8.09. The van der Waals surface area contributed by atoms with Crippen molar-refractivity contribution in [1.29, 1.82) is 0 Å². The number of carbonyl (C=O) groups is 2. The Labute approximate surface area is 201 Å². The van der Waals surface area contributed by atoms with E-state index in [0.717, 1.165) is 45.4 Å². The first kappa shape index (κ1) is 21.8. The summed E-state index contributed by atoms with van der Waals surface area (Å²) in [6.45, 7) is 2.52. The van der Waals surface area contributed by atoms with Crippen LogP contribution in [0.15, 0.2) is 82.1 Å². The number of carbonyl (C=O) groups excluding carboxylic acids is 1. The Morgan fingerprint density at radius 3 is 2.69 bits per heavy atom. The van der Waals surface area contributed by atoms with Crippen molar-refractivity contribution in [3.8, 4) is 0 Å². The molecule has 178 valence electrons. The van der Waals surface area contributed by atoms with Crippen LogP contribution in [0.3, 0.4) is 0 Å². The highest BCUT2D eigenvalue weighted by molar-refractivity contribution is 7.90. The molecule has 35 heavy (non-hydrogen) atoms. The minimum atomic E-state index is -4.71. The van der Waals surface area contributed by atoms with Crippen LogP contribution in [0.2, 0.25) is 0 Å². The van der Waals surface area contributed by atoms with Crippen LogP contribution in [0.25, 0.3) is 10.8 Å². The van der Waals surface area contributed by atoms with Crippen LogP contribution in [0.4, 0.5) is 5.69 Å². The Balaban J connectivity index is 1.63. The lowest BCUT2D eigenvalue weighted by Gasteiger charge is -2.41. The van der Waals surface area contributed by atoms with Crippen molar-refractivity contribution in [1.82, 2.24) is 0 Å². The van der Waals surface area contributed by atoms with E-state index in [1.165, 1.54) is 0 Å². The quantitative estimate of drug-likeness (QED) is 0.625. The van der Waals surface area contributed by atoms with Gasteiger partial charge < -0.3 is 14.7 Å². The van der Waals surface area contributed by atoms with Gasteiger partial charge in [0.15, 0.2) is 0 Å². The van der Waals surface area contributed by atoms with Crippen LogP contribution < -0.4 is 4.90 Å². The van der Waals surface area contributed by atoms with E-state index in [-0.39, 0.29) is 12.2 Å². The molecule has 0 spiro atoms. The van der Waals surface area contributed by atoms with Crippen molar-refractivity contribution in [3.05, 3.63) is 87.7 Å². The second-order valence-electron chi connectivity index (χ2n) is 9.39. The van der Waals surface area contributed by atoms with Gasteiger partial charge in [0, 0.05) is 47.0 Å². The van der Waals surface area contributed by atoms with Crippen LogP contribution in [0, 0.1) is 0 Å². The number of carboxylic acid groups (broad SMARTS) is 1. The number of ketones is 1. The molecule has 9 heteroatoms. The Kier molecular flexibility index (Phi) is 4.46. The maximum atomic E-state index is 12.3. The Bertz CT molecular complexity index is 1590. The number of benzene rings is 2. The molecule has 0 amide bonds. The fourth-order valence-electron chi connectivity index (χ4n) is 5.92. The molecule has 1 aliphatic carbocycles. The van der Waals surface area contributed by atoms with Crippen LogP contribution in [0.1, 0.15) is 25.3 Å². The van der Waals surface area contributed by atoms with Crippen molar-refractivity contribution in [3.63, 3.8) is 0 Å². The van der Waals surface area contributed by atoms with Gasteiger partial charge in [-0.2, -0.15) is 8.42 Å². The lowest BCUT2D eigenvalue weighted by Crippen LogP contribution is -2.41. The molecule has 8 nitrogen and oxygen atoms in total. The van der Waals surface area contributed by atoms with Gasteiger partial charge in [-0.25, -0.2) is 0 Å². The summed E-state index contributed by atoms with van der Waals surface area (Å²) < 4.78 is 39.1. The van der Waals surface area contributed by atoms with Gasteiger partial charge in [-0.1, -0.05) is 30.3 Å². The number of aliphatic carboxylic acids is 1. The van der Waals surface area contributed by atoms with E-state index in [4.69, 9.17) is 4.74 Å². The lowest BCUT2D eigenvalue weighted by molar-refractivity contribution is -0.138. The minimum absolute atomic E-state index is 0.146. The summed E-state index contributed by atoms with van der Waals surface area (Å²) in [4.78, 5) is 25.8. The second kappa shape index (κ2) is 7.16. The fourth-order valence-corrected chi connectivity index (χ4v) is 6.50. The molecule has 2 atom stereocenters. The first-order chi connectivity index (χ1) is 16.6. The van der Waals surface area contributed by atoms with Crippen molar-refractivity contribution in [2.24, 2.45) is 0 Å². The summed E-state index contributed by atoms with van der Waals surface area (Å²) in [6, 6.07) is 11.9. The minimum Gasteiger partial charge on any atom is -0.485 e. The summed E-state index contributed by atoms with van der Waals surface area (Å²) in [6.07, 6.45) is 3.98. The monoisotopic (exact) mass is 491 g/mol. The SMILES string of the molecule is CC1(CC(=O)O)C2=C3C=C4C=C(S(=O)(=O)O)C(=O)C=C4OC3CCN2c2ccc3ccccc3c21. The molecule has 2 N–H and O–H groups in total. The van der Waals surface area contributed by atoms with E-state index < -0.39 is 38.3 Å². The van der Waals surface area contributed by atoms with Gasteiger partial charge in [-0.05, 0) is 41.5 Å². The number of ether oxygens (including phenoxy) is 1. The maximum absolute atomic E-state index is 12.3. The number of anilines is 1. The Morgan fingerprint density at radius 2 is 1.94 bits per heavy atom. The van der Waals surface area contributed by atoms with Crippen molar-refractivity contribution in [2.75, 3.05) is 11.4 Å². The third kappa shape index (κ3) is 3.11. The van der Waals surface area contributed by atoms with Gasteiger partial charge in [0.2, 0.25) is 5.78 Å². The Hall–Kier alpha value is -3.69.